The summed E-state index contributed by atoms with van der Waals surface area (Å²) in [5, 5.41) is 0. The van der Waals surface area contributed by atoms with Gasteiger partial charge in [-0.1, -0.05) is 12.1 Å². The third kappa shape index (κ3) is 2.17. The molecule has 2 N–H and O–H groups in total. The van der Waals surface area contributed by atoms with Crippen LogP contribution in [0.3, 0.4) is 0 Å². The normalized spacial score (nSPS) is 13.9. The molecule has 1 aliphatic heterocycles. The van der Waals surface area contributed by atoms with E-state index in [9.17, 15) is 13.2 Å². The second kappa shape index (κ2) is 4.40. The first-order valence-corrected chi connectivity index (χ1v) is 6.05. The van der Waals surface area contributed by atoms with E-state index >= 15 is 0 Å². The minimum atomic E-state index is -4.45. The Kier molecular flexibility index (Phi) is 2.81. The fourth-order valence-corrected chi connectivity index (χ4v) is 2.27. The van der Waals surface area contributed by atoms with E-state index in [4.69, 9.17) is 10.5 Å². The maximum Gasteiger partial charge on any atom is 0.416 e. The zero-order valence-corrected chi connectivity index (χ0v) is 10.4. The summed E-state index contributed by atoms with van der Waals surface area (Å²) >= 11 is 0. The summed E-state index contributed by atoms with van der Waals surface area (Å²) < 4.78 is 44.0. The Morgan fingerprint density at radius 1 is 1.20 bits per heavy atom. The molecule has 1 aliphatic rings. The molecule has 0 amide bonds. The Balaban J connectivity index is 2.16. The summed E-state index contributed by atoms with van der Waals surface area (Å²) in [6.45, 7) is 0.529. The molecular formula is C14H11F3N2O. The first-order chi connectivity index (χ1) is 9.45. The van der Waals surface area contributed by atoms with Crippen LogP contribution in [-0.2, 0) is 12.6 Å². The number of nitrogens with zero attached hydrogens (tertiary/aromatic N) is 1. The number of fused-ring (bicyclic) bond motifs is 1. The van der Waals surface area contributed by atoms with Crippen LogP contribution in [0.2, 0.25) is 0 Å². The van der Waals surface area contributed by atoms with Crippen LogP contribution in [0, 0.1) is 0 Å². The smallest absolute Gasteiger partial charge is 0.416 e. The van der Waals surface area contributed by atoms with Crippen LogP contribution in [0.15, 0.2) is 30.3 Å². The zero-order valence-electron chi connectivity index (χ0n) is 10.4. The molecule has 2 heterocycles. The number of halogens is 3. The van der Waals surface area contributed by atoms with Crippen LogP contribution in [0.5, 0.6) is 5.75 Å². The third-order valence-corrected chi connectivity index (χ3v) is 3.16. The van der Waals surface area contributed by atoms with Gasteiger partial charge in [0, 0.05) is 12.0 Å². The van der Waals surface area contributed by atoms with Crippen LogP contribution < -0.4 is 10.5 Å². The van der Waals surface area contributed by atoms with Gasteiger partial charge >= 0.3 is 6.18 Å². The quantitative estimate of drug-likeness (QED) is 0.872. The number of para-hydroxylation sites is 1. The minimum Gasteiger partial charge on any atom is -0.492 e. The van der Waals surface area contributed by atoms with E-state index < -0.39 is 11.7 Å². The van der Waals surface area contributed by atoms with Crippen molar-refractivity contribution >= 4 is 5.82 Å². The van der Waals surface area contributed by atoms with Crippen LogP contribution in [-0.4, -0.2) is 11.6 Å². The molecule has 1 aromatic heterocycles. The Morgan fingerprint density at radius 3 is 2.75 bits per heavy atom. The Bertz CT molecular complexity index is 668. The van der Waals surface area contributed by atoms with E-state index in [0.29, 0.717) is 17.9 Å². The highest BCUT2D eigenvalue weighted by Gasteiger charge is 2.32. The van der Waals surface area contributed by atoms with Gasteiger partial charge in [0.1, 0.15) is 11.6 Å². The number of anilines is 1. The molecule has 3 rings (SSSR count). The summed E-state index contributed by atoms with van der Waals surface area (Å²) in [7, 11) is 0. The van der Waals surface area contributed by atoms with Crippen molar-refractivity contribution in [1.82, 2.24) is 4.98 Å². The second-order valence-electron chi connectivity index (χ2n) is 4.56. The highest BCUT2D eigenvalue weighted by molar-refractivity contribution is 5.71. The van der Waals surface area contributed by atoms with E-state index in [1.807, 2.05) is 6.07 Å². The highest BCUT2D eigenvalue weighted by atomic mass is 19.4. The SMILES string of the molecule is Nc1cc(C(F)(F)F)cc(-c2cccc3c2OCC3)n1. The summed E-state index contributed by atoms with van der Waals surface area (Å²) in [6, 6.07) is 7.18. The van der Waals surface area contributed by atoms with Gasteiger partial charge in [0.05, 0.1) is 17.9 Å². The molecule has 6 heteroatoms. The molecule has 0 aliphatic carbocycles. The van der Waals surface area contributed by atoms with Crippen LogP contribution in [0.25, 0.3) is 11.3 Å². The van der Waals surface area contributed by atoms with Crippen molar-refractivity contribution in [3.05, 3.63) is 41.5 Å². The van der Waals surface area contributed by atoms with Crippen molar-refractivity contribution in [2.75, 3.05) is 12.3 Å². The third-order valence-electron chi connectivity index (χ3n) is 3.16. The fourth-order valence-electron chi connectivity index (χ4n) is 2.27. The van der Waals surface area contributed by atoms with E-state index in [2.05, 4.69) is 4.98 Å². The standard InChI is InChI=1S/C14H11F3N2O/c15-14(16,17)9-6-11(19-12(18)7-9)10-3-1-2-8-4-5-20-13(8)10/h1-3,6-7H,4-5H2,(H2,18,19). The van der Waals surface area contributed by atoms with E-state index in [1.54, 1.807) is 12.1 Å². The summed E-state index contributed by atoms with van der Waals surface area (Å²) in [4.78, 5) is 3.99. The van der Waals surface area contributed by atoms with Gasteiger partial charge in [0.15, 0.2) is 0 Å². The van der Waals surface area contributed by atoms with Gasteiger partial charge in [-0.3, -0.25) is 0 Å². The molecule has 3 nitrogen and oxygen atoms in total. The molecule has 20 heavy (non-hydrogen) atoms. The Morgan fingerprint density at radius 2 is 2.00 bits per heavy atom. The molecule has 2 aromatic rings. The predicted octanol–water partition coefficient (Wildman–Crippen LogP) is 3.28. The van der Waals surface area contributed by atoms with Crippen LogP contribution >= 0.6 is 0 Å². The number of hydrogen-bond acceptors (Lipinski definition) is 3. The number of nitrogen functional groups attached to an aromatic ring is 1. The molecule has 104 valence electrons. The summed E-state index contributed by atoms with van der Waals surface area (Å²) in [6.07, 6.45) is -3.71. The van der Waals surface area contributed by atoms with Crippen molar-refractivity contribution in [2.45, 2.75) is 12.6 Å². The molecule has 0 saturated heterocycles. The highest BCUT2D eigenvalue weighted by Crippen LogP contribution is 2.38. The summed E-state index contributed by atoms with van der Waals surface area (Å²) in [5.74, 6) is 0.434. The van der Waals surface area contributed by atoms with Gasteiger partial charge in [0.2, 0.25) is 0 Å². The van der Waals surface area contributed by atoms with E-state index in [1.165, 1.54) is 0 Å². The lowest BCUT2D eigenvalue weighted by molar-refractivity contribution is -0.137. The lowest BCUT2D eigenvalue weighted by atomic mass is 10.0. The Hall–Kier alpha value is -2.24. The van der Waals surface area contributed by atoms with Crippen molar-refractivity contribution in [2.24, 2.45) is 0 Å². The summed E-state index contributed by atoms with van der Waals surface area (Å²) in [5.41, 5.74) is 6.37. The number of rotatable bonds is 1. The molecule has 0 radical (unpaired) electrons. The number of nitrogens with two attached hydrogens (primary N) is 1. The van der Waals surface area contributed by atoms with Crippen molar-refractivity contribution < 1.29 is 17.9 Å². The first-order valence-electron chi connectivity index (χ1n) is 6.05. The lowest BCUT2D eigenvalue weighted by Crippen LogP contribution is -2.07. The number of hydrogen-bond donors (Lipinski definition) is 1. The zero-order chi connectivity index (χ0) is 14.3. The number of benzene rings is 1. The number of pyridine rings is 1. The maximum atomic E-state index is 12.8. The molecule has 0 unspecified atom stereocenters. The molecular weight excluding hydrogens is 269 g/mol. The monoisotopic (exact) mass is 280 g/mol. The van der Waals surface area contributed by atoms with Gasteiger partial charge < -0.3 is 10.5 Å². The Labute approximate surface area is 113 Å². The average Bonchev–Trinajstić information content (AvgIpc) is 2.84. The van der Waals surface area contributed by atoms with Gasteiger partial charge in [-0.25, -0.2) is 4.98 Å². The lowest BCUT2D eigenvalue weighted by Gasteiger charge is -2.12. The molecule has 0 saturated carbocycles. The van der Waals surface area contributed by atoms with E-state index in [0.717, 1.165) is 24.1 Å². The number of aromatic nitrogens is 1. The number of alkyl halides is 3. The van der Waals surface area contributed by atoms with Crippen molar-refractivity contribution in [3.8, 4) is 17.0 Å². The topological polar surface area (TPSA) is 48.1 Å². The predicted molar refractivity (Wildman–Crippen MR) is 68.3 cm³/mol. The van der Waals surface area contributed by atoms with E-state index in [-0.39, 0.29) is 11.5 Å². The molecule has 0 fully saturated rings. The maximum absolute atomic E-state index is 12.8. The molecule has 0 spiro atoms. The molecule has 0 atom stereocenters. The van der Waals surface area contributed by atoms with Gasteiger partial charge in [-0.05, 0) is 23.8 Å². The second-order valence-corrected chi connectivity index (χ2v) is 4.56. The average molecular weight is 280 g/mol. The van der Waals surface area contributed by atoms with Crippen molar-refractivity contribution in [1.29, 1.82) is 0 Å². The first kappa shape index (κ1) is 12.8. The fraction of sp³-hybridized carbons (Fsp3) is 0.214. The molecule has 0 bridgehead atoms. The molecule has 1 aromatic carbocycles. The van der Waals surface area contributed by atoms with Crippen molar-refractivity contribution in [3.63, 3.8) is 0 Å². The van der Waals surface area contributed by atoms with Gasteiger partial charge in [0.25, 0.3) is 0 Å². The number of ether oxygens (including phenoxy) is 1. The van der Waals surface area contributed by atoms with Gasteiger partial charge in [-0.2, -0.15) is 13.2 Å². The van der Waals surface area contributed by atoms with Gasteiger partial charge in [-0.15, -0.1) is 0 Å². The van der Waals surface area contributed by atoms with Crippen LogP contribution in [0.1, 0.15) is 11.1 Å². The minimum absolute atomic E-state index is 0.162. The van der Waals surface area contributed by atoms with Crippen LogP contribution in [0.4, 0.5) is 19.0 Å². The largest absolute Gasteiger partial charge is 0.492 e.